The molecule has 0 spiro atoms. The van der Waals surface area contributed by atoms with E-state index in [1.165, 1.54) is 54.3 Å². The maximum atomic E-state index is 3.97. The molecule has 193 valence electrons. The lowest BCUT2D eigenvalue weighted by atomic mass is 9.88. The highest BCUT2D eigenvalue weighted by Crippen LogP contribution is 2.30. The Morgan fingerprint density at radius 3 is 1.77 bits per heavy atom. The maximum absolute atomic E-state index is 3.97. The fourth-order valence-corrected chi connectivity index (χ4v) is 12.5. The van der Waals surface area contributed by atoms with Gasteiger partial charge in [-0.2, -0.15) is 0 Å². The molecule has 0 heterocycles. The summed E-state index contributed by atoms with van der Waals surface area (Å²) in [5.74, 6) is 0. The van der Waals surface area contributed by atoms with Crippen LogP contribution in [0.3, 0.4) is 0 Å². The summed E-state index contributed by atoms with van der Waals surface area (Å²) in [5, 5.41) is 8.81. The SMILES string of the molecule is C[Si](C)(C)c1c([Si](C)(C)C)c2c(c(C3=CC=CC3)c1=C(c1ccccc1)c1ccccc1)[C]=c1ccccc1=2. The fraction of sp³-hybridized carbons (Fsp3) is 0.189. The second-order valence-corrected chi connectivity index (χ2v) is 22.9. The molecule has 0 aromatic heterocycles. The molecular weight excluding hydrogens is 501 g/mol. The highest BCUT2D eigenvalue weighted by Gasteiger charge is 2.35. The van der Waals surface area contributed by atoms with E-state index in [-0.39, 0.29) is 0 Å². The molecule has 4 aromatic carbocycles. The molecule has 1 radical (unpaired) electrons. The summed E-state index contributed by atoms with van der Waals surface area (Å²) in [4.78, 5) is 0. The van der Waals surface area contributed by atoms with Crippen LogP contribution < -0.4 is 20.8 Å². The van der Waals surface area contributed by atoms with Gasteiger partial charge in [0, 0.05) is 0 Å². The van der Waals surface area contributed by atoms with Crippen LogP contribution in [0.25, 0.3) is 17.2 Å². The Morgan fingerprint density at radius 2 is 1.23 bits per heavy atom. The molecule has 0 saturated carbocycles. The third-order valence-electron chi connectivity index (χ3n) is 7.92. The van der Waals surface area contributed by atoms with Gasteiger partial charge >= 0.3 is 0 Å². The van der Waals surface area contributed by atoms with Crippen molar-refractivity contribution in [2.45, 2.75) is 45.7 Å². The standard InChI is InChI=1S/C37H37Si2/c1-38(2,3)36-34-30-24-16-15-23-29(30)25-31(34)33(28-21-13-14-22-28)35(37(36)39(4,5)6)32(26-17-9-7-10-18-26)27-19-11-8-12-20-27/h7-21,23-24H,22H2,1-6H3. The molecule has 2 aliphatic rings. The molecule has 0 fully saturated rings. The fourth-order valence-electron chi connectivity index (χ4n) is 6.46. The first-order valence-electron chi connectivity index (χ1n) is 14.1. The molecule has 4 aromatic rings. The van der Waals surface area contributed by atoms with Crippen LogP contribution in [0, 0.1) is 10.4 Å². The molecule has 0 unspecified atom stereocenters. The zero-order valence-electron chi connectivity index (χ0n) is 24.0. The van der Waals surface area contributed by atoms with Crippen molar-refractivity contribution in [1.82, 2.24) is 0 Å². The van der Waals surface area contributed by atoms with E-state index in [4.69, 9.17) is 0 Å². The lowest BCUT2D eigenvalue weighted by Gasteiger charge is -2.33. The Bertz CT molecular complexity index is 1820. The number of hydrogen-bond donors (Lipinski definition) is 0. The Hall–Kier alpha value is -3.47. The first kappa shape index (κ1) is 25.8. The van der Waals surface area contributed by atoms with E-state index in [1.54, 1.807) is 10.4 Å². The van der Waals surface area contributed by atoms with Crippen molar-refractivity contribution in [2.24, 2.45) is 0 Å². The highest BCUT2D eigenvalue weighted by molar-refractivity contribution is 6.98. The monoisotopic (exact) mass is 537 g/mol. The second kappa shape index (κ2) is 9.62. The molecule has 2 heteroatoms. The van der Waals surface area contributed by atoms with E-state index in [0.717, 1.165) is 6.42 Å². The minimum absolute atomic E-state index is 0.964. The predicted octanol–water partition coefficient (Wildman–Crippen LogP) is 6.67. The first-order valence-corrected chi connectivity index (χ1v) is 21.1. The molecule has 0 bridgehead atoms. The van der Waals surface area contributed by atoms with E-state index >= 15 is 0 Å². The Morgan fingerprint density at radius 1 is 0.667 bits per heavy atom. The summed E-state index contributed by atoms with van der Waals surface area (Å²) < 4.78 is 0. The minimum Gasteiger partial charge on any atom is -0.0801 e. The van der Waals surface area contributed by atoms with E-state index in [1.807, 2.05) is 0 Å². The van der Waals surface area contributed by atoms with Gasteiger partial charge in [0.05, 0.1) is 16.1 Å². The second-order valence-electron chi connectivity index (χ2n) is 12.9. The van der Waals surface area contributed by atoms with Gasteiger partial charge in [0.15, 0.2) is 0 Å². The number of hydrogen-bond acceptors (Lipinski definition) is 0. The van der Waals surface area contributed by atoms with E-state index in [0.29, 0.717) is 0 Å². The van der Waals surface area contributed by atoms with Crippen LogP contribution in [0.5, 0.6) is 0 Å². The van der Waals surface area contributed by atoms with Crippen molar-refractivity contribution in [2.75, 3.05) is 0 Å². The smallest absolute Gasteiger partial charge is 0.0783 e. The van der Waals surface area contributed by atoms with E-state index in [9.17, 15) is 0 Å². The minimum atomic E-state index is -1.87. The largest absolute Gasteiger partial charge is 0.0801 e. The number of benzene rings is 4. The van der Waals surface area contributed by atoms with Crippen molar-refractivity contribution in [3.05, 3.63) is 146 Å². The zero-order chi connectivity index (χ0) is 27.4. The van der Waals surface area contributed by atoms with Gasteiger partial charge in [-0.1, -0.05) is 153 Å². The van der Waals surface area contributed by atoms with Gasteiger partial charge in [-0.05, 0) is 66.8 Å². The molecule has 2 aliphatic carbocycles. The Kier molecular flexibility index (Phi) is 6.36. The lowest BCUT2D eigenvalue weighted by Crippen LogP contribution is -2.64. The third kappa shape index (κ3) is 4.46. The van der Waals surface area contributed by atoms with Gasteiger partial charge < -0.3 is 0 Å². The molecule has 0 N–H and O–H groups in total. The molecule has 0 aliphatic heterocycles. The summed E-state index contributed by atoms with van der Waals surface area (Å²) in [6.45, 7) is 15.3. The van der Waals surface area contributed by atoms with Crippen molar-refractivity contribution >= 4 is 43.7 Å². The summed E-state index contributed by atoms with van der Waals surface area (Å²) in [6, 6.07) is 31.1. The summed E-state index contributed by atoms with van der Waals surface area (Å²) in [5.41, 5.74) is 8.04. The van der Waals surface area contributed by atoms with Crippen molar-refractivity contribution in [3.63, 3.8) is 0 Å². The molecular formula is C37H37Si2. The van der Waals surface area contributed by atoms with Crippen molar-refractivity contribution < 1.29 is 0 Å². The number of rotatable bonds is 5. The summed E-state index contributed by atoms with van der Waals surface area (Å²) in [6.07, 6.45) is 11.8. The van der Waals surface area contributed by atoms with Crippen LogP contribution in [0.15, 0.2) is 103 Å². The zero-order valence-corrected chi connectivity index (χ0v) is 26.0. The molecule has 0 nitrogen and oxygen atoms in total. The van der Waals surface area contributed by atoms with E-state index < -0.39 is 16.1 Å². The Balaban J connectivity index is 2.03. The molecule has 0 saturated heterocycles. The van der Waals surface area contributed by atoms with Crippen LogP contribution in [0.1, 0.15) is 28.7 Å². The molecule has 6 rings (SSSR count). The van der Waals surface area contributed by atoms with Gasteiger partial charge in [0.25, 0.3) is 0 Å². The highest BCUT2D eigenvalue weighted by atomic mass is 28.3. The van der Waals surface area contributed by atoms with Crippen LogP contribution >= 0.6 is 0 Å². The van der Waals surface area contributed by atoms with Gasteiger partial charge in [-0.15, -0.1) is 0 Å². The lowest BCUT2D eigenvalue weighted by molar-refractivity contribution is 1.37. The average Bonchev–Trinajstić information content (AvgIpc) is 3.56. The molecule has 0 amide bonds. The quantitative estimate of drug-likeness (QED) is 0.220. The third-order valence-corrected chi connectivity index (χ3v) is 12.2. The summed E-state index contributed by atoms with van der Waals surface area (Å²) in [7, 11) is -3.68. The van der Waals surface area contributed by atoms with Gasteiger partial charge in [-0.25, -0.2) is 0 Å². The summed E-state index contributed by atoms with van der Waals surface area (Å²) >= 11 is 0. The van der Waals surface area contributed by atoms with Crippen LogP contribution in [-0.2, 0) is 0 Å². The van der Waals surface area contributed by atoms with Crippen LogP contribution in [0.2, 0.25) is 39.3 Å². The van der Waals surface area contributed by atoms with Gasteiger partial charge in [0.2, 0.25) is 0 Å². The van der Waals surface area contributed by atoms with Gasteiger partial charge in [-0.3, -0.25) is 0 Å². The molecule has 39 heavy (non-hydrogen) atoms. The van der Waals surface area contributed by atoms with Crippen LogP contribution in [0.4, 0.5) is 0 Å². The predicted molar refractivity (Wildman–Crippen MR) is 175 cm³/mol. The maximum Gasteiger partial charge on any atom is 0.0783 e. The first-order chi connectivity index (χ1) is 18.7. The van der Waals surface area contributed by atoms with Crippen LogP contribution in [-0.4, -0.2) is 16.1 Å². The topological polar surface area (TPSA) is 0 Å². The molecule has 0 atom stereocenters. The van der Waals surface area contributed by atoms with E-state index in [2.05, 4.69) is 149 Å². The van der Waals surface area contributed by atoms with Gasteiger partial charge in [0.1, 0.15) is 0 Å². The number of fused-ring (bicyclic) bond motifs is 2. The average molecular weight is 538 g/mol. The van der Waals surface area contributed by atoms with Crippen molar-refractivity contribution in [3.8, 4) is 0 Å². The Labute approximate surface area is 235 Å². The number of allylic oxidation sites excluding steroid dienone is 4. The normalized spacial score (nSPS) is 14.1. The van der Waals surface area contributed by atoms with Crippen molar-refractivity contribution in [1.29, 1.82) is 0 Å².